The van der Waals surface area contributed by atoms with Crippen molar-refractivity contribution in [3.05, 3.63) is 76.5 Å². The lowest BCUT2D eigenvalue weighted by Gasteiger charge is -2.14. The molecule has 0 atom stereocenters. The molecule has 0 aliphatic rings. The van der Waals surface area contributed by atoms with Crippen LogP contribution in [0.1, 0.15) is 5.56 Å². The van der Waals surface area contributed by atoms with Gasteiger partial charge in [-0.05, 0) is 60.5 Å². The van der Waals surface area contributed by atoms with Crippen LogP contribution in [-0.2, 0) is 17.8 Å². The van der Waals surface area contributed by atoms with Crippen molar-refractivity contribution in [1.82, 2.24) is 14.3 Å². The number of hydrogen-bond donors (Lipinski definition) is 1. The number of carbonyl (C=O) groups excluding carboxylic acids is 1. The van der Waals surface area contributed by atoms with Gasteiger partial charge in [0.25, 0.3) is 5.56 Å². The molecule has 160 valence electrons. The molecule has 0 aliphatic heterocycles. The van der Waals surface area contributed by atoms with Crippen molar-refractivity contribution in [2.75, 3.05) is 20.8 Å². The van der Waals surface area contributed by atoms with Gasteiger partial charge in [-0.1, -0.05) is 0 Å². The Kier molecular flexibility index (Phi) is 5.62. The third kappa shape index (κ3) is 3.96. The van der Waals surface area contributed by atoms with Crippen molar-refractivity contribution in [2.24, 2.45) is 0 Å². The van der Waals surface area contributed by atoms with Gasteiger partial charge in [0.15, 0.2) is 0 Å². The number of carbonyl (C=O) groups is 1. The van der Waals surface area contributed by atoms with E-state index in [4.69, 9.17) is 9.47 Å². The summed E-state index contributed by atoms with van der Waals surface area (Å²) in [4.78, 5) is 25.5. The molecule has 0 radical (unpaired) electrons. The van der Waals surface area contributed by atoms with E-state index in [-0.39, 0.29) is 18.0 Å². The van der Waals surface area contributed by atoms with Crippen LogP contribution in [0.4, 0.5) is 4.39 Å². The minimum atomic E-state index is -0.474. The monoisotopic (exact) mass is 423 g/mol. The van der Waals surface area contributed by atoms with Crippen LogP contribution in [0.2, 0.25) is 0 Å². The fraction of sp³-hybridized carbons (Fsp3) is 0.217. The number of benzene rings is 2. The molecular weight excluding hydrogens is 401 g/mol. The van der Waals surface area contributed by atoms with Crippen molar-refractivity contribution in [2.45, 2.75) is 13.0 Å². The van der Waals surface area contributed by atoms with Crippen LogP contribution >= 0.6 is 0 Å². The van der Waals surface area contributed by atoms with Crippen LogP contribution in [0.15, 0.2) is 59.5 Å². The van der Waals surface area contributed by atoms with Crippen molar-refractivity contribution in [3.63, 3.8) is 0 Å². The van der Waals surface area contributed by atoms with E-state index in [1.54, 1.807) is 49.1 Å². The highest BCUT2D eigenvalue weighted by Crippen LogP contribution is 2.24. The number of hydrogen-bond acceptors (Lipinski definition) is 4. The molecule has 0 aliphatic carbocycles. The van der Waals surface area contributed by atoms with Crippen LogP contribution in [-0.4, -0.2) is 35.6 Å². The molecule has 2 aromatic heterocycles. The zero-order valence-electron chi connectivity index (χ0n) is 17.2. The van der Waals surface area contributed by atoms with E-state index in [1.165, 1.54) is 16.7 Å². The lowest BCUT2D eigenvalue weighted by Crippen LogP contribution is -2.34. The van der Waals surface area contributed by atoms with Crippen LogP contribution in [0, 0.1) is 5.82 Å². The van der Waals surface area contributed by atoms with Crippen LogP contribution in [0.5, 0.6) is 11.5 Å². The zero-order chi connectivity index (χ0) is 22.0. The first-order chi connectivity index (χ1) is 15.0. The Morgan fingerprint density at radius 1 is 1.03 bits per heavy atom. The molecule has 2 aromatic carbocycles. The lowest BCUT2D eigenvalue weighted by atomic mass is 10.1. The quantitative estimate of drug-likeness (QED) is 0.496. The maximum absolute atomic E-state index is 13.9. The molecule has 2 heterocycles. The summed E-state index contributed by atoms with van der Waals surface area (Å²) in [6, 6.07) is 13.1. The summed E-state index contributed by atoms with van der Waals surface area (Å²) in [6.45, 7) is 0.131. The van der Waals surface area contributed by atoms with Crippen molar-refractivity contribution >= 4 is 22.5 Å². The van der Waals surface area contributed by atoms with Gasteiger partial charge in [0.1, 0.15) is 29.4 Å². The topological polar surface area (TPSA) is 74.0 Å². The maximum atomic E-state index is 13.9. The molecule has 0 spiro atoms. The first-order valence-electron chi connectivity index (χ1n) is 9.78. The minimum absolute atomic E-state index is 0.213. The van der Waals surface area contributed by atoms with Gasteiger partial charge in [0.05, 0.1) is 25.3 Å². The van der Waals surface area contributed by atoms with E-state index < -0.39 is 5.82 Å². The summed E-state index contributed by atoms with van der Waals surface area (Å²) in [5.74, 6) is 0.581. The zero-order valence-corrected chi connectivity index (χ0v) is 17.2. The van der Waals surface area contributed by atoms with E-state index in [0.717, 1.165) is 5.56 Å². The maximum Gasteiger partial charge on any atom is 0.275 e. The van der Waals surface area contributed by atoms with Crippen LogP contribution < -0.4 is 20.3 Å². The summed E-state index contributed by atoms with van der Waals surface area (Å²) >= 11 is 0. The van der Waals surface area contributed by atoms with Crippen LogP contribution in [0.3, 0.4) is 0 Å². The van der Waals surface area contributed by atoms with E-state index in [0.29, 0.717) is 41.0 Å². The molecule has 0 fully saturated rings. The van der Waals surface area contributed by atoms with Gasteiger partial charge in [-0.25, -0.2) is 4.39 Å². The van der Waals surface area contributed by atoms with Gasteiger partial charge in [0, 0.05) is 12.7 Å². The smallest absolute Gasteiger partial charge is 0.275 e. The Labute approximate surface area is 177 Å². The second-order valence-corrected chi connectivity index (χ2v) is 7.07. The van der Waals surface area contributed by atoms with E-state index in [2.05, 4.69) is 5.32 Å². The number of nitrogens with one attached hydrogen (secondary N) is 1. The highest BCUT2D eigenvalue weighted by atomic mass is 19.1. The third-order valence-electron chi connectivity index (χ3n) is 5.21. The first-order valence-corrected chi connectivity index (χ1v) is 9.78. The number of methoxy groups -OCH3 is 2. The lowest BCUT2D eigenvalue weighted by molar-refractivity contribution is -0.121. The molecule has 0 bridgehead atoms. The van der Waals surface area contributed by atoms with Gasteiger partial charge in [0.2, 0.25) is 5.91 Å². The SMILES string of the molecule is COc1ccc(OC)c(CCNC(=O)Cn2c(=O)c3cccn3c3ccc(F)cc32)c1. The first kappa shape index (κ1) is 20.5. The summed E-state index contributed by atoms with van der Waals surface area (Å²) in [5.41, 5.74) is 1.97. The fourth-order valence-corrected chi connectivity index (χ4v) is 3.70. The van der Waals surface area contributed by atoms with Crippen molar-refractivity contribution in [3.8, 4) is 11.5 Å². The second-order valence-electron chi connectivity index (χ2n) is 7.07. The average Bonchev–Trinajstić information content (AvgIpc) is 3.26. The normalized spacial score (nSPS) is 11.1. The minimum Gasteiger partial charge on any atom is -0.497 e. The highest BCUT2D eigenvalue weighted by Gasteiger charge is 2.14. The molecule has 0 saturated heterocycles. The van der Waals surface area contributed by atoms with E-state index in [9.17, 15) is 14.0 Å². The van der Waals surface area contributed by atoms with E-state index in [1.807, 2.05) is 12.1 Å². The number of aromatic nitrogens is 2. The predicted octanol–water partition coefficient (Wildman–Crippen LogP) is 2.77. The molecule has 1 N–H and O–H groups in total. The Bertz CT molecular complexity index is 1330. The molecular formula is C23H22FN3O4. The summed E-state index contributed by atoms with van der Waals surface area (Å²) in [7, 11) is 3.17. The number of rotatable bonds is 7. The summed E-state index contributed by atoms with van der Waals surface area (Å²) in [6.07, 6.45) is 2.26. The molecule has 31 heavy (non-hydrogen) atoms. The Morgan fingerprint density at radius 3 is 2.65 bits per heavy atom. The molecule has 4 rings (SSSR count). The standard InChI is InChI=1S/C23H22FN3O4/c1-30-17-6-8-21(31-2)15(12-17)9-10-25-22(28)14-27-20-13-16(24)5-7-18(20)26-11-3-4-19(26)23(27)29/h3-8,11-13H,9-10,14H2,1-2H3,(H,25,28). The Balaban J connectivity index is 1.55. The number of halogens is 1. The summed E-state index contributed by atoms with van der Waals surface area (Å²) < 4.78 is 27.5. The molecule has 4 aromatic rings. The van der Waals surface area contributed by atoms with Crippen LogP contribution in [0.25, 0.3) is 16.6 Å². The summed E-state index contributed by atoms with van der Waals surface area (Å²) in [5, 5.41) is 2.82. The average molecular weight is 423 g/mol. The van der Waals surface area contributed by atoms with Gasteiger partial charge in [-0.2, -0.15) is 0 Å². The fourth-order valence-electron chi connectivity index (χ4n) is 3.70. The third-order valence-corrected chi connectivity index (χ3v) is 5.21. The molecule has 1 amide bonds. The Morgan fingerprint density at radius 2 is 1.87 bits per heavy atom. The second kappa shape index (κ2) is 8.51. The number of amides is 1. The Hall–Kier alpha value is -3.81. The number of nitrogens with zero attached hydrogens (tertiary/aromatic N) is 2. The van der Waals surface area contributed by atoms with Gasteiger partial charge in [-0.15, -0.1) is 0 Å². The highest BCUT2D eigenvalue weighted by molar-refractivity contribution is 5.82. The largest absolute Gasteiger partial charge is 0.497 e. The molecule has 7 nitrogen and oxygen atoms in total. The molecule has 0 saturated carbocycles. The van der Waals surface area contributed by atoms with Crippen molar-refractivity contribution < 1.29 is 18.7 Å². The molecule has 0 unspecified atom stereocenters. The number of fused-ring (bicyclic) bond motifs is 3. The number of ether oxygens (including phenoxy) is 2. The van der Waals surface area contributed by atoms with Gasteiger partial charge in [-0.3, -0.25) is 14.2 Å². The van der Waals surface area contributed by atoms with Crippen molar-refractivity contribution in [1.29, 1.82) is 0 Å². The predicted molar refractivity (Wildman–Crippen MR) is 115 cm³/mol. The van der Waals surface area contributed by atoms with Gasteiger partial charge >= 0.3 is 0 Å². The van der Waals surface area contributed by atoms with E-state index >= 15 is 0 Å². The van der Waals surface area contributed by atoms with Gasteiger partial charge < -0.3 is 19.2 Å². The molecule has 8 heteroatoms.